The van der Waals surface area contributed by atoms with E-state index in [0.29, 0.717) is 5.75 Å². The van der Waals surface area contributed by atoms with Gasteiger partial charge in [0.15, 0.2) is 0 Å². The predicted octanol–water partition coefficient (Wildman–Crippen LogP) is 4.44. The first-order valence-electron chi connectivity index (χ1n) is 7.29. The molecule has 102 valence electrons. The van der Waals surface area contributed by atoms with Crippen molar-refractivity contribution in [1.82, 2.24) is 0 Å². The second kappa shape index (κ2) is 8.02. The summed E-state index contributed by atoms with van der Waals surface area (Å²) in [5, 5.41) is 9.91. The van der Waals surface area contributed by atoms with Gasteiger partial charge in [-0.05, 0) is 37.3 Å². The molecular formula is C16H27NO. The molecule has 18 heavy (non-hydrogen) atoms. The summed E-state index contributed by atoms with van der Waals surface area (Å²) in [6.45, 7) is 4.39. The summed E-state index contributed by atoms with van der Waals surface area (Å²) in [6, 6.07) is 3.78. The number of anilines is 1. The van der Waals surface area contributed by atoms with Gasteiger partial charge in [-0.3, -0.25) is 0 Å². The second-order valence-corrected chi connectivity index (χ2v) is 5.05. The normalized spacial score (nSPS) is 10.8. The third-order valence-corrected chi connectivity index (χ3v) is 3.50. The van der Waals surface area contributed by atoms with Crippen LogP contribution in [0, 0.1) is 0 Å². The number of nitrogen functional groups attached to an aromatic ring is 1. The highest BCUT2D eigenvalue weighted by Gasteiger charge is 2.09. The molecule has 0 atom stereocenters. The summed E-state index contributed by atoms with van der Waals surface area (Å²) < 4.78 is 0. The van der Waals surface area contributed by atoms with Gasteiger partial charge in [0.1, 0.15) is 5.75 Å². The fourth-order valence-corrected chi connectivity index (χ4v) is 2.30. The predicted molar refractivity (Wildman–Crippen MR) is 79.0 cm³/mol. The van der Waals surface area contributed by atoms with E-state index in [4.69, 9.17) is 5.73 Å². The highest BCUT2D eigenvalue weighted by Crippen LogP contribution is 2.29. The van der Waals surface area contributed by atoms with Gasteiger partial charge in [0.2, 0.25) is 0 Å². The first-order chi connectivity index (χ1) is 8.70. The fraction of sp³-hybridized carbons (Fsp3) is 0.625. The molecule has 3 N–H and O–H groups in total. The number of phenolic OH excluding ortho intramolecular Hbond substituents is 1. The van der Waals surface area contributed by atoms with E-state index in [1.807, 2.05) is 6.07 Å². The highest BCUT2D eigenvalue weighted by molar-refractivity contribution is 5.59. The molecule has 0 saturated carbocycles. The molecule has 0 fully saturated rings. The van der Waals surface area contributed by atoms with Gasteiger partial charge in [0.25, 0.3) is 0 Å². The number of unbranched alkanes of at least 4 members (excludes halogenated alkanes) is 4. The molecule has 0 aliphatic heterocycles. The number of benzene rings is 1. The summed E-state index contributed by atoms with van der Waals surface area (Å²) in [5.41, 5.74) is 9.17. The smallest absolute Gasteiger partial charge is 0.120 e. The lowest BCUT2D eigenvalue weighted by molar-refractivity contribution is 0.466. The van der Waals surface area contributed by atoms with Crippen molar-refractivity contribution in [3.05, 3.63) is 23.3 Å². The van der Waals surface area contributed by atoms with Crippen LogP contribution in [0.15, 0.2) is 12.1 Å². The summed E-state index contributed by atoms with van der Waals surface area (Å²) in [5.74, 6) is 0.364. The van der Waals surface area contributed by atoms with E-state index in [0.717, 1.165) is 30.5 Å². The minimum absolute atomic E-state index is 0.364. The van der Waals surface area contributed by atoms with Crippen molar-refractivity contribution in [3.8, 4) is 5.75 Å². The SMILES string of the molecule is CCCCCc1ccc(O)c(CCCCC)c1N. The van der Waals surface area contributed by atoms with Gasteiger partial charge in [-0.15, -0.1) is 0 Å². The molecule has 0 amide bonds. The van der Waals surface area contributed by atoms with Gasteiger partial charge in [-0.1, -0.05) is 45.6 Å². The highest BCUT2D eigenvalue weighted by atomic mass is 16.3. The quantitative estimate of drug-likeness (QED) is 0.528. The van der Waals surface area contributed by atoms with Gasteiger partial charge in [-0.2, -0.15) is 0 Å². The van der Waals surface area contributed by atoms with Crippen LogP contribution in [0.3, 0.4) is 0 Å². The van der Waals surface area contributed by atoms with Crippen molar-refractivity contribution in [2.24, 2.45) is 0 Å². The molecule has 0 spiro atoms. The van der Waals surface area contributed by atoms with Gasteiger partial charge in [0.05, 0.1) is 0 Å². The number of aryl methyl sites for hydroxylation is 1. The van der Waals surface area contributed by atoms with Crippen molar-refractivity contribution in [3.63, 3.8) is 0 Å². The Morgan fingerprint density at radius 2 is 1.56 bits per heavy atom. The Morgan fingerprint density at radius 1 is 0.944 bits per heavy atom. The molecule has 1 rings (SSSR count). The van der Waals surface area contributed by atoms with Crippen molar-refractivity contribution in [2.45, 2.75) is 65.2 Å². The maximum Gasteiger partial charge on any atom is 0.120 e. The Morgan fingerprint density at radius 3 is 2.17 bits per heavy atom. The Labute approximate surface area is 111 Å². The van der Waals surface area contributed by atoms with Crippen LogP contribution >= 0.6 is 0 Å². The molecule has 0 unspecified atom stereocenters. The number of phenols is 1. The van der Waals surface area contributed by atoms with Crippen LogP contribution in [-0.4, -0.2) is 5.11 Å². The molecule has 0 heterocycles. The molecule has 0 aliphatic rings. The van der Waals surface area contributed by atoms with Gasteiger partial charge in [-0.25, -0.2) is 0 Å². The molecular weight excluding hydrogens is 222 g/mol. The molecule has 0 saturated heterocycles. The van der Waals surface area contributed by atoms with E-state index in [-0.39, 0.29) is 0 Å². The number of aromatic hydroxyl groups is 1. The maximum absolute atomic E-state index is 9.91. The molecule has 0 aliphatic carbocycles. The summed E-state index contributed by atoms with van der Waals surface area (Å²) in [4.78, 5) is 0. The van der Waals surface area contributed by atoms with Gasteiger partial charge < -0.3 is 10.8 Å². The molecule has 1 aromatic rings. The van der Waals surface area contributed by atoms with Crippen molar-refractivity contribution < 1.29 is 5.11 Å². The second-order valence-electron chi connectivity index (χ2n) is 5.05. The Bertz CT molecular complexity index is 360. The fourth-order valence-electron chi connectivity index (χ4n) is 2.30. The third-order valence-electron chi connectivity index (χ3n) is 3.50. The maximum atomic E-state index is 9.91. The van der Waals surface area contributed by atoms with Gasteiger partial charge >= 0.3 is 0 Å². The molecule has 1 aromatic carbocycles. The van der Waals surface area contributed by atoms with E-state index < -0.39 is 0 Å². The molecule has 0 radical (unpaired) electrons. The van der Waals surface area contributed by atoms with Crippen LogP contribution in [0.5, 0.6) is 5.75 Å². The van der Waals surface area contributed by atoms with E-state index in [1.165, 1.54) is 37.7 Å². The minimum Gasteiger partial charge on any atom is -0.508 e. The van der Waals surface area contributed by atoms with Gasteiger partial charge in [0, 0.05) is 11.3 Å². The molecule has 0 bridgehead atoms. The lowest BCUT2D eigenvalue weighted by Crippen LogP contribution is -2.01. The summed E-state index contributed by atoms with van der Waals surface area (Å²) in [6.07, 6.45) is 9.06. The minimum atomic E-state index is 0.364. The average Bonchev–Trinajstić information content (AvgIpc) is 2.36. The standard InChI is InChI=1S/C16H27NO/c1-3-5-7-9-13-11-12-15(18)14(16(13)17)10-8-6-4-2/h11-12,18H,3-10,17H2,1-2H3. The number of hydrogen-bond donors (Lipinski definition) is 2. The average molecular weight is 249 g/mol. The number of hydrogen-bond acceptors (Lipinski definition) is 2. The van der Waals surface area contributed by atoms with Crippen LogP contribution in [-0.2, 0) is 12.8 Å². The molecule has 2 heteroatoms. The van der Waals surface area contributed by atoms with E-state index in [2.05, 4.69) is 13.8 Å². The third kappa shape index (κ3) is 4.25. The lowest BCUT2D eigenvalue weighted by Gasteiger charge is -2.13. The number of rotatable bonds is 8. The summed E-state index contributed by atoms with van der Waals surface area (Å²) in [7, 11) is 0. The van der Waals surface area contributed by atoms with E-state index in [9.17, 15) is 5.11 Å². The van der Waals surface area contributed by atoms with Crippen molar-refractivity contribution in [1.29, 1.82) is 0 Å². The topological polar surface area (TPSA) is 46.2 Å². The zero-order chi connectivity index (χ0) is 13.4. The Balaban J connectivity index is 2.72. The first-order valence-corrected chi connectivity index (χ1v) is 7.29. The monoisotopic (exact) mass is 249 g/mol. The van der Waals surface area contributed by atoms with E-state index in [1.54, 1.807) is 6.07 Å². The van der Waals surface area contributed by atoms with Crippen LogP contribution in [0.1, 0.15) is 63.5 Å². The van der Waals surface area contributed by atoms with Crippen LogP contribution in [0.25, 0.3) is 0 Å². The number of nitrogens with two attached hydrogens (primary N) is 1. The molecule has 2 nitrogen and oxygen atoms in total. The van der Waals surface area contributed by atoms with Crippen molar-refractivity contribution >= 4 is 5.69 Å². The lowest BCUT2D eigenvalue weighted by atomic mass is 9.97. The van der Waals surface area contributed by atoms with Crippen molar-refractivity contribution in [2.75, 3.05) is 5.73 Å². The largest absolute Gasteiger partial charge is 0.508 e. The van der Waals surface area contributed by atoms with Crippen LogP contribution in [0.2, 0.25) is 0 Å². The van der Waals surface area contributed by atoms with Crippen LogP contribution in [0.4, 0.5) is 5.69 Å². The van der Waals surface area contributed by atoms with E-state index >= 15 is 0 Å². The van der Waals surface area contributed by atoms with Crippen LogP contribution < -0.4 is 5.73 Å². The summed E-state index contributed by atoms with van der Waals surface area (Å²) >= 11 is 0. The molecule has 0 aromatic heterocycles. The Hall–Kier alpha value is -1.18. The zero-order valence-electron chi connectivity index (χ0n) is 11.8. The Kier molecular flexibility index (Phi) is 6.63. The zero-order valence-corrected chi connectivity index (χ0v) is 11.8. The first kappa shape index (κ1) is 14.9.